The highest BCUT2D eigenvalue weighted by atomic mass is 79.9. The molecule has 0 bridgehead atoms. The molecule has 1 aromatic heterocycles. The van der Waals surface area contributed by atoms with Crippen LogP contribution in [0.15, 0.2) is 34.8 Å². The summed E-state index contributed by atoms with van der Waals surface area (Å²) in [6.45, 7) is 3.55. The van der Waals surface area contributed by atoms with Gasteiger partial charge in [-0.05, 0) is 48.0 Å². The molecule has 0 unspecified atom stereocenters. The fourth-order valence-electron chi connectivity index (χ4n) is 2.01. The number of benzene rings is 1. The number of halogens is 3. The van der Waals surface area contributed by atoms with Crippen molar-refractivity contribution in [3.63, 3.8) is 0 Å². The van der Waals surface area contributed by atoms with Crippen LogP contribution in [0.2, 0.25) is 0 Å². The summed E-state index contributed by atoms with van der Waals surface area (Å²) in [5.41, 5.74) is 2.38. The first-order chi connectivity index (χ1) is 8.02. The Morgan fingerprint density at radius 3 is 2.35 bits per heavy atom. The first-order valence-corrected chi connectivity index (χ1v) is 6.03. The van der Waals surface area contributed by atoms with Gasteiger partial charge in [-0.3, -0.25) is 0 Å². The van der Waals surface area contributed by atoms with Gasteiger partial charge in [0, 0.05) is 21.4 Å². The van der Waals surface area contributed by atoms with Gasteiger partial charge in [-0.2, -0.15) is 0 Å². The van der Waals surface area contributed by atoms with Crippen molar-refractivity contribution in [2.24, 2.45) is 0 Å². The van der Waals surface area contributed by atoms with E-state index in [1.165, 1.54) is 0 Å². The van der Waals surface area contributed by atoms with E-state index >= 15 is 0 Å². The number of para-hydroxylation sites is 1. The summed E-state index contributed by atoms with van der Waals surface area (Å²) < 4.78 is 28.4. The van der Waals surface area contributed by atoms with Crippen molar-refractivity contribution in [2.75, 3.05) is 0 Å². The minimum absolute atomic E-state index is 0.0956. The van der Waals surface area contributed by atoms with Gasteiger partial charge in [0.15, 0.2) is 0 Å². The highest BCUT2D eigenvalue weighted by Gasteiger charge is 2.18. The van der Waals surface area contributed by atoms with Crippen LogP contribution in [0.4, 0.5) is 8.78 Å². The number of hydrogen-bond donors (Lipinski definition) is 0. The van der Waals surface area contributed by atoms with Crippen LogP contribution in [0.3, 0.4) is 0 Å². The van der Waals surface area contributed by atoms with Crippen LogP contribution >= 0.6 is 15.9 Å². The van der Waals surface area contributed by atoms with E-state index in [2.05, 4.69) is 15.9 Å². The zero-order valence-electron chi connectivity index (χ0n) is 9.55. The van der Waals surface area contributed by atoms with E-state index in [-0.39, 0.29) is 5.56 Å². The quantitative estimate of drug-likeness (QED) is 0.751. The molecule has 0 aliphatic carbocycles. The second kappa shape index (κ2) is 4.61. The SMILES string of the molecule is Cc1cc(C(F)F)c(C)n1-c1ccccc1Br. The highest BCUT2D eigenvalue weighted by molar-refractivity contribution is 9.10. The van der Waals surface area contributed by atoms with Crippen molar-refractivity contribution in [3.8, 4) is 5.69 Å². The van der Waals surface area contributed by atoms with Crippen LogP contribution in [-0.4, -0.2) is 4.57 Å². The van der Waals surface area contributed by atoms with Crippen LogP contribution < -0.4 is 0 Å². The minimum Gasteiger partial charge on any atom is -0.317 e. The molecule has 0 saturated carbocycles. The molecule has 1 nitrogen and oxygen atoms in total. The fraction of sp³-hybridized carbons (Fsp3) is 0.231. The highest BCUT2D eigenvalue weighted by Crippen LogP contribution is 2.30. The fourth-order valence-corrected chi connectivity index (χ4v) is 2.47. The summed E-state index contributed by atoms with van der Waals surface area (Å²) in [5.74, 6) is 0. The number of hydrogen-bond acceptors (Lipinski definition) is 0. The molecule has 0 saturated heterocycles. The average molecular weight is 300 g/mol. The Morgan fingerprint density at radius 1 is 1.18 bits per heavy atom. The molecule has 0 radical (unpaired) electrons. The van der Waals surface area contributed by atoms with E-state index in [0.29, 0.717) is 5.69 Å². The van der Waals surface area contributed by atoms with Crippen molar-refractivity contribution < 1.29 is 8.78 Å². The summed E-state index contributed by atoms with van der Waals surface area (Å²) in [5, 5.41) is 0. The van der Waals surface area contributed by atoms with Gasteiger partial charge < -0.3 is 4.57 Å². The third-order valence-electron chi connectivity index (χ3n) is 2.80. The van der Waals surface area contributed by atoms with Gasteiger partial charge in [0.1, 0.15) is 0 Å². The summed E-state index contributed by atoms with van der Waals surface area (Å²) in [7, 11) is 0. The van der Waals surface area contributed by atoms with Gasteiger partial charge in [0.25, 0.3) is 6.43 Å². The van der Waals surface area contributed by atoms with Gasteiger partial charge in [-0.15, -0.1) is 0 Å². The molecule has 1 heterocycles. The van der Waals surface area contributed by atoms with Crippen molar-refractivity contribution in [1.29, 1.82) is 0 Å². The lowest BCUT2D eigenvalue weighted by molar-refractivity contribution is 0.150. The molecule has 4 heteroatoms. The maximum absolute atomic E-state index is 12.8. The molecule has 0 spiro atoms. The van der Waals surface area contributed by atoms with E-state index in [1.807, 2.05) is 35.8 Å². The summed E-state index contributed by atoms with van der Waals surface area (Å²) in [6, 6.07) is 9.13. The standard InChI is InChI=1S/C13H12BrF2N/c1-8-7-10(13(15)16)9(2)17(8)12-6-4-3-5-11(12)14/h3-7,13H,1-2H3. The number of aryl methyl sites for hydroxylation is 1. The Morgan fingerprint density at radius 2 is 1.82 bits per heavy atom. The molecule has 2 aromatic rings. The monoisotopic (exact) mass is 299 g/mol. The largest absolute Gasteiger partial charge is 0.317 e. The van der Waals surface area contributed by atoms with E-state index in [9.17, 15) is 8.78 Å². The third-order valence-corrected chi connectivity index (χ3v) is 3.47. The molecule has 90 valence electrons. The molecule has 0 fully saturated rings. The van der Waals surface area contributed by atoms with Crippen LogP contribution in [0.1, 0.15) is 23.4 Å². The number of nitrogens with zero attached hydrogens (tertiary/aromatic N) is 1. The van der Waals surface area contributed by atoms with Crippen LogP contribution in [0.25, 0.3) is 5.69 Å². The first kappa shape index (κ1) is 12.3. The molecule has 0 amide bonds. The predicted molar refractivity (Wildman–Crippen MR) is 67.9 cm³/mol. The van der Waals surface area contributed by atoms with E-state index in [0.717, 1.165) is 15.9 Å². The average Bonchev–Trinajstić information content (AvgIpc) is 2.56. The Balaban J connectivity index is 2.65. The molecular formula is C13H12BrF2N. The van der Waals surface area contributed by atoms with Crippen molar-refractivity contribution >= 4 is 15.9 Å². The smallest absolute Gasteiger partial charge is 0.265 e. The molecular weight excluding hydrogens is 288 g/mol. The van der Waals surface area contributed by atoms with E-state index in [4.69, 9.17) is 0 Å². The number of aromatic nitrogens is 1. The molecule has 0 N–H and O–H groups in total. The van der Waals surface area contributed by atoms with Gasteiger partial charge in [0.05, 0.1) is 5.69 Å². The number of alkyl halides is 2. The maximum Gasteiger partial charge on any atom is 0.265 e. The van der Waals surface area contributed by atoms with Crippen molar-refractivity contribution in [2.45, 2.75) is 20.3 Å². The molecule has 1 aromatic carbocycles. The summed E-state index contributed by atoms with van der Waals surface area (Å²) in [6.07, 6.45) is -2.43. The Bertz CT molecular complexity index is 546. The number of rotatable bonds is 2. The van der Waals surface area contributed by atoms with E-state index < -0.39 is 6.43 Å². The zero-order valence-corrected chi connectivity index (χ0v) is 11.1. The second-order valence-corrected chi connectivity index (χ2v) is 4.77. The second-order valence-electron chi connectivity index (χ2n) is 3.91. The lowest BCUT2D eigenvalue weighted by atomic mass is 10.2. The van der Waals surface area contributed by atoms with E-state index in [1.54, 1.807) is 13.0 Å². The minimum atomic E-state index is -2.43. The van der Waals surface area contributed by atoms with Gasteiger partial charge in [-0.1, -0.05) is 12.1 Å². The third kappa shape index (κ3) is 2.14. The zero-order chi connectivity index (χ0) is 12.6. The van der Waals surface area contributed by atoms with Gasteiger partial charge in [0.2, 0.25) is 0 Å². The lowest BCUT2D eigenvalue weighted by Crippen LogP contribution is -2.00. The molecule has 17 heavy (non-hydrogen) atoms. The van der Waals surface area contributed by atoms with Gasteiger partial charge >= 0.3 is 0 Å². The lowest BCUT2D eigenvalue weighted by Gasteiger charge is -2.11. The Kier molecular flexibility index (Phi) is 3.33. The van der Waals surface area contributed by atoms with Crippen LogP contribution in [-0.2, 0) is 0 Å². The van der Waals surface area contributed by atoms with Crippen LogP contribution in [0.5, 0.6) is 0 Å². The predicted octanol–water partition coefficient (Wildman–Crippen LogP) is 4.79. The molecule has 0 atom stereocenters. The normalized spacial score (nSPS) is 11.2. The topological polar surface area (TPSA) is 4.93 Å². The van der Waals surface area contributed by atoms with Crippen molar-refractivity contribution in [3.05, 3.63) is 51.8 Å². The molecule has 2 rings (SSSR count). The Hall–Kier alpha value is -1.16. The van der Waals surface area contributed by atoms with Gasteiger partial charge in [-0.25, -0.2) is 8.78 Å². The van der Waals surface area contributed by atoms with Crippen molar-refractivity contribution in [1.82, 2.24) is 4.57 Å². The van der Waals surface area contributed by atoms with Crippen LogP contribution in [0, 0.1) is 13.8 Å². The summed E-state index contributed by atoms with van der Waals surface area (Å²) >= 11 is 3.44. The maximum atomic E-state index is 12.8. The molecule has 0 aliphatic rings. The molecule has 0 aliphatic heterocycles. The summed E-state index contributed by atoms with van der Waals surface area (Å²) in [4.78, 5) is 0. The first-order valence-electron chi connectivity index (χ1n) is 5.24. The Labute approximate surface area is 107 Å².